The van der Waals surface area contributed by atoms with Crippen LogP contribution in [0.3, 0.4) is 0 Å². The first kappa shape index (κ1) is 16.6. The molecule has 0 fully saturated rings. The van der Waals surface area contributed by atoms with Crippen molar-refractivity contribution in [3.8, 4) is 11.5 Å². The molecule has 1 aromatic carbocycles. The van der Waals surface area contributed by atoms with E-state index in [-0.39, 0.29) is 0 Å². The van der Waals surface area contributed by atoms with Crippen LogP contribution in [-0.2, 0) is 6.42 Å². The standard InChI is InChI=1S/C17H27NO2/c1-5-8-15-9-10-16(17(13-15)19-4)20-12-7-11-18-14(3)6-2/h5,9-10,13-14,18H,1,6-8,11-12H2,2-4H3/t14-/m1/s1. The van der Waals surface area contributed by atoms with Crippen LogP contribution in [0.5, 0.6) is 11.5 Å². The zero-order valence-electron chi connectivity index (χ0n) is 12.9. The summed E-state index contributed by atoms with van der Waals surface area (Å²) in [4.78, 5) is 0. The van der Waals surface area contributed by atoms with Gasteiger partial charge < -0.3 is 14.8 Å². The summed E-state index contributed by atoms with van der Waals surface area (Å²) in [6.45, 7) is 9.80. The van der Waals surface area contributed by atoms with E-state index in [1.807, 2.05) is 18.2 Å². The van der Waals surface area contributed by atoms with E-state index in [9.17, 15) is 0 Å². The smallest absolute Gasteiger partial charge is 0.161 e. The van der Waals surface area contributed by atoms with E-state index in [0.717, 1.165) is 37.3 Å². The highest BCUT2D eigenvalue weighted by atomic mass is 16.5. The van der Waals surface area contributed by atoms with Crippen molar-refractivity contribution in [3.63, 3.8) is 0 Å². The molecule has 1 N–H and O–H groups in total. The molecule has 1 rings (SSSR count). The Bertz CT molecular complexity index is 404. The average molecular weight is 277 g/mol. The van der Waals surface area contributed by atoms with E-state index in [1.165, 1.54) is 5.56 Å². The van der Waals surface area contributed by atoms with Gasteiger partial charge in [-0.25, -0.2) is 0 Å². The van der Waals surface area contributed by atoms with Crippen molar-refractivity contribution in [2.45, 2.75) is 39.2 Å². The zero-order valence-corrected chi connectivity index (χ0v) is 12.9. The van der Waals surface area contributed by atoms with E-state index in [0.29, 0.717) is 12.6 Å². The fourth-order valence-corrected chi connectivity index (χ4v) is 1.87. The Balaban J connectivity index is 2.41. The van der Waals surface area contributed by atoms with Gasteiger partial charge in [-0.15, -0.1) is 6.58 Å². The predicted molar refractivity (Wildman–Crippen MR) is 84.8 cm³/mol. The number of allylic oxidation sites excluding steroid dienone is 1. The molecule has 0 saturated carbocycles. The molecule has 0 heterocycles. The first-order chi connectivity index (χ1) is 9.71. The molecule has 3 nitrogen and oxygen atoms in total. The Labute approximate surface area is 123 Å². The minimum absolute atomic E-state index is 0.572. The minimum atomic E-state index is 0.572. The molecule has 112 valence electrons. The predicted octanol–water partition coefficient (Wildman–Crippen LogP) is 3.58. The van der Waals surface area contributed by atoms with Crippen molar-refractivity contribution in [2.24, 2.45) is 0 Å². The highest BCUT2D eigenvalue weighted by Gasteiger charge is 2.05. The lowest BCUT2D eigenvalue weighted by molar-refractivity contribution is 0.285. The molecular weight excluding hydrogens is 250 g/mol. The molecule has 1 atom stereocenters. The Morgan fingerprint density at radius 2 is 2.15 bits per heavy atom. The number of methoxy groups -OCH3 is 1. The van der Waals surface area contributed by atoms with Gasteiger partial charge >= 0.3 is 0 Å². The maximum Gasteiger partial charge on any atom is 0.161 e. The van der Waals surface area contributed by atoms with Gasteiger partial charge in [0.2, 0.25) is 0 Å². The van der Waals surface area contributed by atoms with Crippen molar-refractivity contribution < 1.29 is 9.47 Å². The summed E-state index contributed by atoms with van der Waals surface area (Å²) < 4.78 is 11.2. The van der Waals surface area contributed by atoms with Crippen LogP contribution < -0.4 is 14.8 Å². The van der Waals surface area contributed by atoms with Crippen molar-refractivity contribution in [3.05, 3.63) is 36.4 Å². The van der Waals surface area contributed by atoms with E-state index in [1.54, 1.807) is 7.11 Å². The summed E-state index contributed by atoms with van der Waals surface area (Å²) in [7, 11) is 1.67. The molecule has 0 aromatic heterocycles. The van der Waals surface area contributed by atoms with E-state index in [4.69, 9.17) is 9.47 Å². The maximum atomic E-state index is 5.79. The third-order valence-electron chi connectivity index (χ3n) is 3.29. The third-order valence-corrected chi connectivity index (χ3v) is 3.29. The van der Waals surface area contributed by atoms with Crippen LogP contribution in [0.1, 0.15) is 32.3 Å². The first-order valence-corrected chi connectivity index (χ1v) is 7.35. The second-order valence-electron chi connectivity index (χ2n) is 4.94. The number of hydrogen-bond acceptors (Lipinski definition) is 3. The molecule has 20 heavy (non-hydrogen) atoms. The third kappa shape index (κ3) is 5.66. The second-order valence-corrected chi connectivity index (χ2v) is 4.94. The summed E-state index contributed by atoms with van der Waals surface area (Å²) in [5.41, 5.74) is 1.18. The maximum absolute atomic E-state index is 5.79. The van der Waals surface area contributed by atoms with Crippen LogP contribution in [0, 0.1) is 0 Å². The minimum Gasteiger partial charge on any atom is -0.493 e. The molecule has 0 aliphatic rings. The van der Waals surface area contributed by atoms with Crippen molar-refractivity contribution in [1.29, 1.82) is 0 Å². The van der Waals surface area contributed by atoms with Crippen LogP contribution in [0.25, 0.3) is 0 Å². The topological polar surface area (TPSA) is 30.5 Å². The molecule has 0 aliphatic carbocycles. The fraction of sp³-hybridized carbons (Fsp3) is 0.529. The largest absolute Gasteiger partial charge is 0.493 e. The molecule has 3 heteroatoms. The van der Waals surface area contributed by atoms with Gasteiger partial charge in [0.25, 0.3) is 0 Å². The van der Waals surface area contributed by atoms with Gasteiger partial charge in [-0.05, 0) is 50.4 Å². The lowest BCUT2D eigenvalue weighted by Crippen LogP contribution is -2.27. The second kappa shape index (κ2) is 9.43. The first-order valence-electron chi connectivity index (χ1n) is 7.35. The Morgan fingerprint density at radius 1 is 1.35 bits per heavy atom. The van der Waals surface area contributed by atoms with Gasteiger partial charge in [0, 0.05) is 6.04 Å². The van der Waals surface area contributed by atoms with Gasteiger partial charge in [0.15, 0.2) is 11.5 Å². The number of benzene rings is 1. The SMILES string of the molecule is C=CCc1ccc(OCCCN[C@H](C)CC)c(OC)c1. The van der Waals surface area contributed by atoms with Crippen molar-refractivity contribution in [1.82, 2.24) is 5.32 Å². The number of nitrogens with one attached hydrogen (secondary N) is 1. The lowest BCUT2D eigenvalue weighted by Gasteiger charge is -2.13. The van der Waals surface area contributed by atoms with Crippen LogP contribution in [-0.4, -0.2) is 26.3 Å². The summed E-state index contributed by atoms with van der Waals surface area (Å²) in [6.07, 6.45) is 4.87. The average Bonchev–Trinajstić information content (AvgIpc) is 2.47. The zero-order chi connectivity index (χ0) is 14.8. The van der Waals surface area contributed by atoms with Crippen LogP contribution >= 0.6 is 0 Å². The molecule has 0 saturated heterocycles. The van der Waals surface area contributed by atoms with Crippen LogP contribution in [0.2, 0.25) is 0 Å². The fourth-order valence-electron chi connectivity index (χ4n) is 1.87. The van der Waals surface area contributed by atoms with Gasteiger partial charge in [0.05, 0.1) is 13.7 Å². The summed E-state index contributed by atoms with van der Waals surface area (Å²) in [5.74, 6) is 1.60. The molecular formula is C17H27NO2. The summed E-state index contributed by atoms with van der Waals surface area (Å²) in [6, 6.07) is 6.60. The Kier molecular flexibility index (Phi) is 7.81. The molecule has 0 amide bonds. The van der Waals surface area contributed by atoms with Gasteiger partial charge in [-0.3, -0.25) is 0 Å². The lowest BCUT2D eigenvalue weighted by atomic mass is 10.1. The monoisotopic (exact) mass is 277 g/mol. The van der Waals surface area contributed by atoms with Gasteiger partial charge in [-0.2, -0.15) is 0 Å². The number of ether oxygens (including phenoxy) is 2. The molecule has 1 aromatic rings. The van der Waals surface area contributed by atoms with E-state index < -0.39 is 0 Å². The highest BCUT2D eigenvalue weighted by Crippen LogP contribution is 2.28. The van der Waals surface area contributed by atoms with Crippen molar-refractivity contribution >= 4 is 0 Å². The quantitative estimate of drug-likeness (QED) is 0.524. The van der Waals surface area contributed by atoms with E-state index >= 15 is 0 Å². The van der Waals surface area contributed by atoms with Crippen molar-refractivity contribution in [2.75, 3.05) is 20.3 Å². The van der Waals surface area contributed by atoms with Crippen LogP contribution in [0.4, 0.5) is 0 Å². The Hall–Kier alpha value is -1.48. The number of hydrogen-bond donors (Lipinski definition) is 1. The van der Waals surface area contributed by atoms with Gasteiger partial charge in [-0.1, -0.05) is 19.1 Å². The molecule has 0 aliphatic heterocycles. The molecule has 0 bridgehead atoms. The van der Waals surface area contributed by atoms with Gasteiger partial charge in [0.1, 0.15) is 0 Å². The Morgan fingerprint density at radius 3 is 2.80 bits per heavy atom. The molecule has 0 unspecified atom stereocenters. The molecule has 0 radical (unpaired) electrons. The normalized spacial score (nSPS) is 11.9. The summed E-state index contributed by atoms with van der Waals surface area (Å²) in [5, 5.41) is 3.45. The van der Waals surface area contributed by atoms with E-state index in [2.05, 4.69) is 31.8 Å². The number of rotatable bonds is 10. The summed E-state index contributed by atoms with van der Waals surface area (Å²) >= 11 is 0. The molecule has 0 spiro atoms. The highest BCUT2D eigenvalue weighted by molar-refractivity contribution is 5.43. The van der Waals surface area contributed by atoms with Crippen LogP contribution in [0.15, 0.2) is 30.9 Å².